The molecule has 1 amide bonds. The van der Waals surface area contributed by atoms with Gasteiger partial charge in [-0.25, -0.2) is 4.98 Å². The first-order valence-electron chi connectivity index (χ1n) is 7.65. The van der Waals surface area contributed by atoms with Gasteiger partial charge in [0.25, 0.3) is 5.69 Å². The van der Waals surface area contributed by atoms with E-state index in [1.54, 1.807) is 11.0 Å². The van der Waals surface area contributed by atoms with E-state index in [0.717, 1.165) is 27.1 Å². The van der Waals surface area contributed by atoms with E-state index in [4.69, 9.17) is 0 Å². The zero-order valence-corrected chi connectivity index (χ0v) is 15.1. The van der Waals surface area contributed by atoms with Crippen LogP contribution in [0.15, 0.2) is 18.2 Å². The van der Waals surface area contributed by atoms with Crippen LogP contribution in [0.1, 0.15) is 6.92 Å². The van der Waals surface area contributed by atoms with Crippen LogP contribution in [-0.4, -0.2) is 57.8 Å². The van der Waals surface area contributed by atoms with Crippen molar-refractivity contribution in [3.05, 3.63) is 28.3 Å². The molecule has 1 aromatic heterocycles. The molecule has 1 aliphatic heterocycles. The molecule has 2 aromatic rings. The van der Waals surface area contributed by atoms with Crippen LogP contribution in [0.3, 0.4) is 0 Å². The van der Waals surface area contributed by atoms with Crippen LogP contribution in [0.2, 0.25) is 0 Å². The number of anilines is 1. The highest BCUT2D eigenvalue weighted by Gasteiger charge is 2.23. The predicted molar refractivity (Wildman–Crippen MR) is 98.2 cm³/mol. The summed E-state index contributed by atoms with van der Waals surface area (Å²) < 4.78 is 0.778. The summed E-state index contributed by atoms with van der Waals surface area (Å²) in [5.41, 5.74) is 0.794. The Morgan fingerprint density at radius 3 is 2.68 bits per heavy atom. The van der Waals surface area contributed by atoms with E-state index in [1.165, 1.54) is 30.4 Å². The van der Waals surface area contributed by atoms with Gasteiger partial charge in [-0.3, -0.25) is 19.7 Å². The molecule has 0 atom stereocenters. The van der Waals surface area contributed by atoms with E-state index in [-0.39, 0.29) is 22.5 Å². The lowest BCUT2D eigenvalue weighted by Gasteiger charge is -2.34. The van der Waals surface area contributed by atoms with Crippen LogP contribution in [0.4, 0.5) is 10.8 Å². The summed E-state index contributed by atoms with van der Waals surface area (Å²) in [6, 6.07) is 4.65. The Balaban J connectivity index is 1.64. The van der Waals surface area contributed by atoms with Crippen molar-refractivity contribution in [2.45, 2.75) is 6.92 Å². The average Bonchev–Trinajstić information content (AvgIpc) is 3.02. The van der Waals surface area contributed by atoms with E-state index < -0.39 is 4.92 Å². The third-order valence-corrected chi connectivity index (χ3v) is 5.75. The molecule has 0 N–H and O–H groups in total. The molecule has 3 rings (SSSR count). The van der Waals surface area contributed by atoms with Gasteiger partial charge >= 0.3 is 0 Å². The molecule has 1 fully saturated rings. The molecule has 0 saturated carbocycles. The number of nitro groups is 1. The second-order valence-corrected chi connectivity index (χ2v) is 7.72. The van der Waals surface area contributed by atoms with Crippen LogP contribution in [0, 0.1) is 10.1 Å². The number of carbonyl (C=O) groups excluding carboxylic acids is 2. The van der Waals surface area contributed by atoms with Crippen LogP contribution in [0.5, 0.6) is 0 Å². The van der Waals surface area contributed by atoms with Gasteiger partial charge in [-0.1, -0.05) is 23.1 Å². The molecule has 2 heterocycles. The van der Waals surface area contributed by atoms with E-state index in [0.29, 0.717) is 26.2 Å². The topological polar surface area (TPSA) is 96.7 Å². The van der Waals surface area contributed by atoms with Gasteiger partial charge < -0.3 is 9.80 Å². The smallest absolute Gasteiger partial charge is 0.270 e. The molecule has 1 saturated heterocycles. The molecule has 0 bridgehead atoms. The van der Waals surface area contributed by atoms with Gasteiger partial charge in [-0.05, 0) is 6.07 Å². The number of aromatic nitrogens is 1. The number of benzene rings is 1. The maximum atomic E-state index is 12.0. The summed E-state index contributed by atoms with van der Waals surface area (Å²) in [6.07, 6.45) is 0. The van der Waals surface area contributed by atoms with E-state index in [2.05, 4.69) is 9.88 Å². The molecule has 0 radical (unpaired) electrons. The molecule has 1 aliphatic rings. The highest BCUT2D eigenvalue weighted by molar-refractivity contribution is 8.14. The maximum Gasteiger partial charge on any atom is 0.270 e. The quantitative estimate of drug-likeness (QED) is 0.592. The van der Waals surface area contributed by atoms with Gasteiger partial charge in [0.05, 0.1) is 20.9 Å². The van der Waals surface area contributed by atoms with Crippen LogP contribution in [-0.2, 0) is 9.59 Å². The van der Waals surface area contributed by atoms with Crippen molar-refractivity contribution >= 4 is 55.2 Å². The largest absolute Gasteiger partial charge is 0.345 e. The third kappa shape index (κ3) is 4.07. The molecule has 1 aromatic carbocycles. The summed E-state index contributed by atoms with van der Waals surface area (Å²) in [5, 5.41) is 11.6. The first-order valence-corrected chi connectivity index (χ1v) is 9.45. The normalized spacial score (nSPS) is 14.8. The fourth-order valence-electron chi connectivity index (χ4n) is 2.55. The van der Waals surface area contributed by atoms with Crippen molar-refractivity contribution < 1.29 is 14.5 Å². The number of carbonyl (C=O) groups is 2. The minimum absolute atomic E-state index is 0.0280. The molecule has 10 heteroatoms. The number of nitro benzene ring substituents is 1. The summed E-state index contributed by atoms with van der Waals surface area (Å²) >= 11 is 2.45. The lowest BCUT2D eigenvalue weighted by atomic mass is 10.3. The van der Waals surface area contributed by atoms with Crippen molar-refractivity contribution in [1.82, 2.24) is 9.88 Å². The Hall–Kier alpha value is -2.20. The minimum Gasteiger partial charge on any atom is -0.345 e. The summed E-state index contributed by atoms with van der Waals surface area (Å²) in [5.74, 6) is 0.153. The van der Waals surface area contributed by atoms with Crippen LogP contribution >= 0.6 is 23.1 Å². The molecule has 132 valence electrons. The van der Waals surface area contributed by atoms with Gasteiger partial charge in [-0.15, -0.1) is 0 Å². The fraction of sp³-hybridized carbons (Fsp3) is 0.400. The van der Waals surface area contributed by atoms with Gasteiger partial charge in [-0.2, -0.15) is 0 Å². The molecule has 25 heavy (non-hydrogen) atoms. The molecular formula is C15H16N4O4S2. The molecule has 0 aliphatic carbocycles. The molecule has 8 nitrogen and oxygen atoms in total. The van der Waals surface area contributed by atoms with E-state index >= 15 is 0 Å². The Morgan fingerprint density at radius 1 is 1.32 bits per heavy atom. The summed E-state index contributed by atoms with van der Waals surface area (Å²) in [7, 11) is 0. The molecule has 0 spiro atoms. The minimum atomic E-state index is -0.414. The standard InChI is InChI=1S/C15H16N4O4S2/c1-10(20)24-9-14(21)17-4-6-18(7-5-17)15-16-12-3-2-11(19(22)23)8-13(12)25-15/h2-3,8H,4-7,9H2,1H3. The predicted octanol–water partition coefficient (Wildman–Crippen LogP) is 2.13. The SMILES string of the molecule is CC(=O)SCC(=O)N1CCN(c2nc3ccc([N+](=O)[O-])cc3s2)CC1. The average molecular weight is 380 g/mol. The number of hydrogen-bond acceptors (Lipinski definition) is 8. The fourth-order valence-corrected chi connectivity index (χ4v) is 4.11. The molecule has 0 unspecified atom stereocenters. The summed E-state index contributed by atoms with van der Waals surface area (Å²) in [6.45, 7) is 3.91. The lowest BCUT2D eigenvalue weighted by molar-refractivity contribution is -0.384. The van der Waals surface area contributed by atoms with Crippen molar-refractivity contribution in [1.29, 1.82) is 0 Å². The highest BCUT2D eigenvalue weighted by Crippen LogP contribution is 2.31. The highest BCUT2D eigenvalue weighted by atomic mass is 32.2. The van der Waals surface area contributed by atoms with Crippen molar-refractivity contribution in [2.24, 2.45) is 0 Å². The lowest BCUT2D eigenvalue weighted by Crippen LogP contribution is -2.49. The van der Waals surface area contributed by atoms with Crippen LogP contribution in [0.25, 0.3) is 10.2 Å². The van der Waals surface area contributed by atoms with Crippen LogP contribution < -0.4 is 4.90 Å². The Morgan fingerprint density at radius 2 is 2.04 bits per heavy atom. The zero-order valence-electron chi connectivity index (χ0n) is 13.5. The summed E-state index contributed by atoms with van der Waals surface area (Å²) in [4.78, 5) is 41.8. The number of hydrogen-bond donors (Lipinski definition) is 0. The number of piperazine rings is 1. The number of thioether (sulfide) groups is 1. The first-order chi connectivity index (χ1) is 11.9. The number of fused-ring (bicyclic) bond motifs is 1. The number of rotatable bonds is 4. The first kappa shape index (κ1) is 17.6. The molecular weight excluding hydrogens is 364 g/mol. The van der Waals surface area contributed by atoms with Crippen molar-refractivity contribution in [2.75, 3.05) is 36.8 Å². The Labute approximate surface area is 152 Å². The number of amides is 1. The van der Waals surface area contributed by atoms with Crippen molar-refractivity contribution in [3.63, 3.8) is 0 Å². The number of nitrogens with zero attached hydrogens (tertiary/aromatic N) is 4. The third-order valence-electron chi connectivity index (χ3n) is 3.87. The maximum absolute atomic E-state index is 12.0. The number of non-ortho nitro benzene ring substituents is 1. The van der Waals surface area contributed by atoms with Gasteiger partial charge in [0.2, 0.25) is 5.91 Å². The van der Waals surface area contributed by atoms with Gasteiger partial charge in [0.15, 0.2) is 10.2 Å². The number of thiazole rings is 1. The van der Waals surface area contributed by atoms with E-state index in [9.17, 15) is 19.7 Å². The second-order valence-electron chi connectivity index (χ2n) is 5.55. The van der Waals surface area contributed by atoms with Crippen molar-refractivity contribution in [3.8, 4) is 0 Å². The Bertz CT molecular complexity index is 830. The Kier molecular flexibility index (Phi) is 5.19. The second kappa shape index (κ2) is 7.36. The van der Waals surface area contributed by atoms with Gasteiger partial charge in [0.1, 0.15) is 0 Å². The van der Waals surface area contributed by atoms with Gasteiger partial charge in [0, 0.05) is 45.2 Å². The monoisotopic (exact) mass is 380 g/mol. The van der Waals surface area contributed by atoms with E-state index in [1.807, 2.05) is 0 Å². The zero-order chi connectivity index (χ0) is 18.0.